The minimum atomic E-state index is -1.51. The molecule has 0 aliphatic rings. The number of hydrogen-bond donors (Lipinski definition) is 3. The maximum atomic E-state index is 11.5. The van der Waals surface area contributed by atoms with Crippen LogP contribution in [0.2, 0.25) is 0 Å². The second-order valence-corrected chi connectivity index (χ2v) is 4.72. The molecule has 1 aromatic heterocycles. The summed E-state index contributed by atoms with van der Waals surface area (Å²) in [5.74, 6) is -1.77. The average molecular weight is 333 g/mol. The zero-order chi connectivity index (χ0) is 14.4. The van der Waals surface area contributed by atoms with Crippen molar-refractivity contribution in [2.75, 3.05) is 6.54 Å². The number of nitrogens with one attached hydrogen (secondary N) is 1. The molecule has 0 saturated carbocycles. The number of hydrogen-bond acceptors (Lipinski definition) is 4. The van der Waals surface area contributed by atoms with Crippen LogP contribution in [0, 0.1) is 0 Å². The first kappa shape index (κ1) is 15.4. The molecule has 8 heteroatoms. The highest BCUT2D eigenvalue weighted by Gasteiger charge is 2.13. The van der Waals surface area contributed by atoms with Gasteiger partial charge >= 0.3 is 5.97 Å². The van der Waals surface area contributed by atoms with Crippen LogP contribution in [0.25, 0.3) is 0 Å². The molecular formula is C11H13BrN2O5. The Morgan fingerprint density at radius 2 is 2.11 bits per heavy atom. The van der Waals surface area contributed by atoms with Crippen molar-refractivity contribution in [1.29, 1.82) is 0 Å². The van der Waals surface area contributed by atoms with E-state index in [1.807, 2.05) is 0 Å². The molecule has 0 radical (unpaired) electrons. The molecule has 3 N–H and O–H groups in total. The van der Waals surface area contributed by atoms with Crippen LogP contribution >= 0.6 is 15.9 Å². The molecule has 19 heavy (non-hydrogen) atoms. The molecule has 104 valence electrons. The molecule has 1 amide bonds. The van der Waals surface area contributed by atoms with Gasteiger partial charge in [-0.3, -0.25) is 9.59 Å². The van der Waals surface area contributed by atoms with Gasteiger partial charge in [-0.1, -0.05) is 0 Å². The summed E-state index contributed by atoms with van der Waals surface area (Å²) < 4.78 is 1.88. The van der Waals surface area contributed by atoms with Crippen molar-refractivity contribution in [2.24, 2.45) is 0 Å². The number of carboxylic acid groups (broad SMARTS) is 1. The molecule has 0 unspecified atom stereocenters. The van der Waals surface area contributed by atoms with Crippen LogP contribution in [0.15, 0.2) is 27.6 Å². The Morgan fingerprint density at radius 1 is 1.42 bits per heavy atom. The van der Waals surface area contributed by atoms with Crippen LogP contribution in [0.1, 0.15) is 6.42 Å². The van der Waals surface area contributed by atoms with E-state index in [2.05, 4.69) is 21.2 Å². The van der Waals surface area contributed by atoms with E-state index in [9.17, 15) is 14.4 Å². The Kier molecular flexibility index (Phi) is 5.71. The first-order chi connectivity index (χ1) is 8.90. The number of halogens is 1. The lowest BCUT2D eigenvalue weighted by Gasteiger charge is -2.09. The molecule has 7 nitrogen and oxygen atoms in total. The predicted octanol–water partition coefficient (Wildman–Crippen LogP) is -0.437. The zero-order valence-electron chi connectivity index (χ0n) is 9.88. The van der Waals surface area contributed by atoms with E-state index in [1.165, 1.54) is 16.8 Å². The van der Waals surface area contributed by atoms with Crippen molar-refractivity contribution in [3.05, 3.63) is 33.2 Å². The summed E-state index contributed by atoms with van der Waals surface area (Å²) in [6, 6.07) is 2.89. The standard InChI is InChI=1S/C11H13BrN2O5/c12-7-1-2-10(17)14(5-7)6-9(16)13-4-3-8(15)11(18)19/h1-2,5,8,15H,3-4,6H2,(H,13,16)(H,18,19)/t8-/m0/s1. The number of aliphatic hydroxyl groups is 1. The maximum Gasteiger partial charge on any atom is 0.332 e. The molecule has 0 fully saturated rings. The third kappa shape index (κ3) is 5.23. The van der Waals surface area contributed by atoms with Gasteiger partial charge in [-0.2, -0.15) is 0 Å². The van der Waals surface area contributed by atoms with Gasteiger partial charge in [-0.05, 0) is 22.0 Å². The smallest absolute Gasteiger partial charge is 0.332 e. The Balaban J connectivity index is 2.45. The number of amides is 1. The third-order valence-electron chi connectivity index (χ3n) is 2.29. The van der Waals surface area contributed by atoms with Crippen LogP contribution in [-0.4, -0.2) is 39.3 Å². The van der Waals surface area contributed by atoms with E-state index >= 15 is 0 Å². The van der Waals surface area contributed by atoms with Crippen molar-refractivity contribution >= 4 is 27.8 Å². The van der Waals surface area contributed by atoms with E-state index in [-0.39, 0.29) is 25.1 Å². The minimum Gasteiger partial charge on any atom is -0.479 e. The molecule has 0 aliphatic heterocycles. The fourth-order valence-corrected chi connectivity index (χ4v) is 1.69. The van der Waals surface area contributed by atoms with Crippen LogP contribution in [0.5, 0.6) is 0 Å². The van der Waals surface area contributed by atoms with Crippen molar-refractivity contribution in [3.63, 3.8) is 0 Å². The maximum absolute atomic E-state index is 11.5. The summed E-state index contributed by atoms with van der Waals surface area (Å²) in [7, 11) is 0. The topological polar surface area (TPSA) is 109 Å². The van der Waals surface area contributed by atoms with Gasteiger partial charge in [-0.25, -0.2) is 4.79 Å². The Labute approximate surface area is 117 Å². The first-order valence-electron chi connectivity index (χ1n) is 5.43. The number of carbonyl (C=O) groups excluding carboxylic acids is 1. The molecule has 1 heterocycles. The second-order valence-electron chi connectivity index (χ2n) is 3.81. The summed E-state index contributed by atoms with van der Waals surface area (Å²) in [5.41, 5.74) is -0.316. The normalized spacial score (nSPS) is 11.9. The molecule has 0 aliphatic carbocycles. The fourth-order valence-electron chi connectivity index (χ4n) is 1.31. The lowest BCUT2D eigenvalue weighted by atomic mass is 10.2. The van der Waals surface area contributed by atoms with Gasteiger partial charge in [-0.15, -0.1) is 0 Å². The molecule has 0 spiro atoms. The highest BCUT2D eigenvalue weighted by atomic mass is 79.9. The summed E-state index contributed by atoms with van der Waals surface area (Å²) in [6.07, 6.45) is -0.114. The van der Waals surface area contributed by atoms with Crippen LogP contribution in [0.3, 0.4) is 0 Å². The SMILES string of the molecule is O=C(Cn1cc(Br)ccc1=O)NCC[C@H](O)C(=O)O. The molecule has 1 aromatic rings. The number of rotatable bonds is 6. The van der Waals surface area contributed by atoms with Gasteiger partial charge in [0.15, 0.2) is 6.10 Å². The number of carbonyl (C=O) groups is 2. The second kappa shape index (κ2) is 7.05. The molecule has 1 rings (SSSR count). The van der Waals surface area contributed by atoms with Gasteiger partial charge in [0.2, 0.25) is 5.91 Å². The van der Waals surface area contributed by atoms with Crippen LogP contribution in [0.4, 0.5) is 0 Å². The lowest BCUT2D eigenvalue weighted by molar-refractivity contribution is -0.147. The van der Waals surface area contributed by atoms with E-state index in [4.69, 9.17) is 10.2 Å². The van der Waals surface area contributed by atoms with Gasteiger partial charge in [0.05, 0.1) is 0 Å². The largest absolute Gasteiger partial charge is 0.479 e. The highest BCUT2D eigenvalue weighted by molar-refractivity contribution is 9.10. The molecule has 0 aromatic carbocycles. The summed E-state index contributed by atoms with van der Waals surface area (Å²) in [4.78, 5) is 33.3. The zero-order valence-corrected chi connectivity index (χ0v) is 11.5. The number of pyridine rings is 1. The van der Waals surface area contributed by atoms with E-state index < -0.39 is 18.0 Å². The number of aliphatic carboxylic acids is 1. The van der Waals surface area contributed by atoms with E-state index in [0.717, 1.165) is 0 Å². The lowest BCUT2D eigenvalue weighted by Crippen LogP contribution is -2.34. The van der Waals surface area contributed by atoms with Crippen LogP contribution < -0.4 is 10.9 Å². The third-order valence-corrected chi connectivity index (χ3v) is 2.76. The van der Waals surface area contributed by atoms with E-state index in [0.29, 0.717) is 4.47 Å². The predicted molar refractivity (Wildman–Crippen MR) is 69.7 cm³/mol. The number of aromatic nitrogens is 1. The quantitative estimate of drug-likeness (QED) is 0.654. The highest BCUT2D eigenvalue weighted by Crippen LogP contribution is 2.04. The summed E-state index contributed by atoms with van der Waals surface area (Å²) >= 11 is 3.18. The van der Waals surface area contributed by atoms with Crippen molar-refractivity contribution < 1.29 is 19.8 Å². The Bertz CT molecular complexity index is 528. The summed E-state index contributed by atoms with van der Waals surface area (Å²) in [5, 5.41) is 19.9. The Morgan fingerprint density at radius 3 is 2.74 bits per heavy atom. The van der Waals surface area contributed by atoms with Crippen molar-refractivity contribution in [1.82, 2.24) is 9.88 Å². The average Bonchev–Trinajstić information content (AvgIpc) is 2.33. The number of aliphatic hydroxyl groups excluding tert-OH is 1. The van der Waals surface area contributed by atoms with Gasteiger partial charge in [0.25, 0.3) is 5.56 Å². The number of nitrogens with zero attached hydrogens (tertiary/aromatic N) is 1. The Hall–Kier alpha value is -1.67. The van der Waals surface area contributed by atoms with Gasteiger partial charge in [0, 0.05) is 29.7 Å². The van der Waals surface area contributed by atoms with Crippen LogP contribution in [-0.2, 0) is 16.1 Å². The molecule has 0 saturated heterocycles. The van der Waals surface area contributed by atoms with Crippen molar-refractivity contribution in [2.45, 2.75) is 19.1 Å². The van der Waals surface area contributed by atoms with Crippen molar-refractivity contribution in [3.8, 4) is 0 Å². The van der Waals surface area contributed by atoms with Gasteiger partial charge < -0.3 is 20.1 Å². The monoisotopic (exact) mass is 332 g/mol. The van der Waals surface area contributed by atoms with Gasteiger partial charge in [0.1, 0.15) is 6.54 Å². The molecule has 1 atom stereocenters. The fraction of sp³-hybridized carbons (Fsp3) is 0.364. The first-order valence-corrected chi connectivity index (χ1v) is 6.23. The minimum absolute atomic E-state index is 0.0229. The molecule has 0 bridgehead atoms. The molecular weight excluding hydrogens is 320 g/mol. The number of carboxylic acids is 1. The summed E-state index contributed by atoms with van der Waals surface area (Å²) in [6.45, 7) is -0.142. The van der Waals surface area contributed by atoms with E-state index in [1.54, 1.807) is 6.07 Å².